The minimum Gasteiger partial charge on any atom is -0.480 e. The second kappa shape index (κ2) is 4.18. The Bertz CT molecular complexity index is 273. The Hall–Kier alpha value is -1.10. The van der Waals surface area contributed by atoms with E-state index in [0.717, 1.165) is 19.4 Å². The lowest BCUT2D eigenvalue weighted by Crippen LogP contribution is -2.42. The average molecular weight is 213 g/mol. The SMILES string of the molecule is O=C(O)C1CCC(=O)N1CC1CCCO1. The van der Waals surface area contributed by atoms with Crippen molar-refractivity contribution in [2.45, 2.75) is 37.8 Å². The number of hydrogen-bond donors (Lipinski definition) is 1. The highest BCUT2D eigenvalue weighted by Gasteiger charge is 2.37. The quantitative estimate of drug-likeness (QED) is 0.729. The number of nitrogens with zero attached hydrogens (tertiary/aromatic N) is 1. The molecular weight excluding hydrogens is 198 g/mol. The van der Waals surface area contributed by atoms with Gasteiger partial charge in [-0.15, -0.1) is 0 Å². The second-order valence-electron chi connectivity index (χ2n) is 4.07. The Balaban J connectivity index is 1.97. The van der Waals surface area contributed by atoms with Crippen molar-refractivity contribution in [3.63, 3.8) is 0 Å². The molecule has 2 unspecified atom stereocenters. The Morgan fingerprint density at radius 1 is 1.53 bits per heavy atom. The van der Waals surface area contributed by atoms with Crippen LogP contribution in [0.25, 0.3) is 0 Å². The van der Waals surface area contributed by atoms with Gasteiger partial charge in [-0.2, -0.15) is 0 Å². The highest BCUT2D eigenvalue weighted by molar-refractivity contribution is 5.87. The molecule has 0 radical (unpaired) electrons. The molecule has 2 aliphatic heterocycles. The Labute approximate surface area is 88.0 Å². The zero-order chi connectivity index (χ0) is 10.8. The van der Waals surface area contributed by atoms with E-state index < -0.39 is 12.0 Å². The van der Waals surface area contributed by atoms with Crippen LogP contribution in [0.4, 0.5) is 0 Å². The number of aliphatic carboxylic acids is 1. The maximum atomic E-state index is 11.5. The molecule has 5 heteroatoms. The maximum absolute atomic E-state index is 11.5. The fourth-order valence-electron chi connectivity index (χ4n) is 2.23. The molecule has 0 aromatic rings. The first-order valence-electron chi connectivity index (χ1n) is 5.32. The summed E-state index contributed by atoms with van der Waals surface area (Å²) in [6.07, 6.45) is 2.75. The van der Waals surface area contributed by atoms with E-state index in [2.05, 4.69) is 0 Å². The number of rotatable bonds is 3. The van der Waals surface area contributed by atoms with E-state index in [-0.39, 0.29) is 12.0 Å². The van der Waals surface area contributed by atoms with Gasteiger partial charge in [0.05, 0.1) is 6.10 Å². The summed E-state index contributed by atoms with van der Waals surface area (Å²) in [4.78, 5) is 23.8. The second-order valence-corrected chi connectivity index (χ2v) is 4.07. The molecule has 0 aromatic heterocycles. The average Bonchev–Trinajstić information content (AvgIpc) is 2.78. The molecule has 0 aliphatic carbocycles. The third-order valence-corrected chi connectivity index (χ3v) is 3.04. The van der Waals surface area contributed by atoms with Crippen molar-refractivity contribution in [1.29, 1.82) is 0 Å². The van der Waals surface area contributed by atoms with Crippen LogP contribution >= 0.6 is 0 Å². The fourth-order valence-corrected chi connectivity index (χ4v) is 2.23. The van der Waals surface area contributed by atoms with Gasteiger partial charge >= 0.3 is 5.97 Å². The van der Waals surface area contributed by atoms with Crippen molar-refractivity contribution in [1.82, 2.24) is 4.90 Å². The van der Waals surface area contributed by atoms with Crippen LogP contribution < -0.4 is 0 Å². The molecule has 84 valence electrons. The lowest BCUT2D eigenvalue weighted by Gasteiger charge is -2.24. The predicted octanol–water partition coefficient (Wildman–Crippen LogP) is 0.241. The van der Waals surface area contributed by atoms with Gasteiger partial charge in [0.15, 0.2) is 0 Å². The van der Waals surface area contributed by atoms with Gasteiger partial charge in [0, 0.05) is 19.6 Å². The van der Waals surface area contributed by atoms with Gasteiger partial charge in [-0.1, -0.05) is 0 Å². The Morgan fingerprint density at radius 3 is 2.93 bits per heavy atom. The topological polar surface area (TPSA) is 66.8 Å². The highest BCUT2D eigenvalue weighted by Crippen LogP contribution is 2.22. The highest BCUT2D eigenvalue weighted by atomic mass is 16.5. The van der Waals surface area contributed by atoms with Crippen LogP contribution in [0.1, 0.15) is 25.7 Å². The minimum atomic E-state index is -0.904. The minimum absolute atomic E-state index is 0.0360. The van der Waals surface area contributed by atoms with Crippen molar-refractivity contribution >= 4 is 11.9 Å². The van der Waals surface area contributed by atoms with Gasteiger partial charge in [-0.3, -0.25) is 4.79 Å². The summed E-state index contributed by atoms with van der Waals surface area (Å²) in [6.45, 7) is 1.17. The van der Waals surface area contributed by atoms with E-state index in [0.29, 0.717) is 19.4 Å². The van der Waals surface area contributed by atoms with Crippen LogP contribution in [0.2, 0.25) is 0 Å². The summed E-state index contributed by atoms with van der Waals surface area (Å²) in [7, 11) is 0. The molecular formula is C10H15NO4. The summed E-state index contributed by atoms with van der Waals surface area (Å²) in [5.41, 5.74) is 0. The van der Waals surface area contributed by atoms with Gasteiger partial charge in [0.25, 0.3) is 0 Å². The molecule has 0 saturated carbocycles. The van der Waals surface area contributed by atoms with Gasteiger partial charge < -0.3 is 14.7 Å². The number of amides is 1. The first-order valence-corrected chi connectivity index (χ1v) is 5.32. The molecule has 15 heavy (non-hydrogen) atoms. The number of carbonyl (C=O) groups is 2. The fraction of sp³-hybridized carbons (Fsp3) is 0.800. The molecule has 2 heterocycles. The molecule has 0 bridgehead atoms. The Kier molecular flexibility index (Phi) is 2.90. The molecule has 2 atom stereocenters. The van der Waals surface area contributed by atoms with Crippen molar-refractivity contribution in [2.24, 2.45) is 0 Å². The number of ether oxygens (including phenoxy) is 1. The lowest BCUT2D eigenvalue weighted by atomic mass is 10.2. The number of likely N-dealkylation sites (tertiary alicyclic amines) is 1. The zero-order valence-electron chi connectivity index (χ0n) is 8.52. The van der Waals surface area contributed by atoms with Crippen LogP contribution in [-0.4, -0.2) is 47.2 Å². The molecule has 2 saturated heterocycles. The molecule has 0 spiro atoms. The predicted molar refractivity (Wildman–Crippen MR) is 51.3 cm³/mol. The van der Waals surface area contributed by atoms with Crippen molar-refractivity contribution < 1.29 is 19.4 Å². The maximum Gasteiger partial charge on any atom is 0.326 e. The molecule has 2 aliphatic rings. The Morgan fingerprint density at radius 2 is 2.33 bits per heavy atom. The molecule has 0 aromatic carbocycles. The third kappa shape index (κ3) is 2.12. The van der Waals surface area contributed by atoms with E-state index in [1.54, 1.807) is 0 Å². The first-order chi connectivity index (χ1) is 7.18. The summed E-state index contributed by atoms with van der Waals surface area (Å²) < 4.78 is 5.40. The molecule has 1 amide bonds. The first kappa shape index (κ1) is 10.4. The van der Waals surface area contributed by atoms with Crippen LogP contribution in [0.3, 0.4) is 0 Å². The smallest absolute Gasteiger partial charge is 0.326 e. The summed E-state index contributed by atoms with van der Waals surface area (Å²) in [6, 6.07) is -0.637. The van der Waals surface area contributed by atoms with Crippen LogP contribution in [0, 0.1) is 0 Å². The summed E-state index contributed by atoms with van der Waals surface area (Å²) >= 11 is 0. The molecule has 2 fully saturated rings. The summed E-state index contributed by atoms with van der Waals surface area (Å²) in [5.74, 6) is -0.961. The van der Waals surface area contributed by atoms with E-state index >= 15 is 0 Å². The van der Waals surface area contributed by atoms with Crippen LogP contribution in [-0.2, 0) is 14.3 Å². The van der Waals surface area contributed by atoms with Crippen molar-refractivity contribution in [3.05, 3.63) is 0 Å². The standard InChI is InChI=1S/C10H15NO4/c12-9-4-3-8(10(13)14)11(9)6-7-2-1-5-15-7/h7-8H,1-6H2,(H,13,14). The number of carboxylic acid groups (broad SMARTS) is 1. The van der Waals surface area contributed by atoms with E-state index in [1.165, 1.54) is 4.90 Å². The van der Waals surface area contributed by atoms with Gasteiger partial charge in [-0.25, -0.2) is 4.79 Å². The van der Waals surface area contributed by atoms with E-state index in [4.69, 9.17) is 9.84 Å². The molecule has 5 nitrogen and oxygen atoms in total. The molecule has 1 N–H and O–H groups in total. The third-order valence-electron chi connectivity index (χ3n) is 3.04. The number of carbonyl (C=O) groups excluding carboxylic acids is 1. The van der Waals surface area contributed by atoms with Gasteiger partial charge in [-0.05, 0) is 19.3 Å². The lowest BCUT2D eigenvalue weighted by molar-refractivity contribution is -0.147. The van der Waals surface area contributed by atoms with Crippen LogP contribution in [0.5, 0.6) is 0 Å². The largest absolute Gasteiger partial charge is 0.480 e. The number of hydrogen-bond acceptors (Lipinski definition) is 3. The van der Waals surface area contributed by atoms with Crippen LogP contribution in [0.15, 0.2) is 0 Å². The zero-order valence-corrected chi connectivity index (χ0v) is 8.52. The van der Waals surface area contributed by atoms with E-state index in [9.17, 15) is 9.59 Å². The van der Waals surface area contributed by atoms with Crippen molar-refractivity contribution in [2.75, 3.05) is 13.2 Å². The monoisotopic (exact) mass is 213 g/mol. The van der Waals surface area contributed by atoms with Gasteiger partial charge in [0.1, 0.15) is 6.04 Å². The van der Waals surface area contributed by atoms with Gasteiger partial charge in [0.2, 0.25) is 5.91 Å². The van der Waals surface area contributed by atoms with E-state index in [1.807, 2.05) is 0 Å². The number of carboxylic acids is 1. The van der Waals surface area contributed by atoms with Crippen molar-refractivity contribution in [3.8, 4) is 0 Å². The normalized spacial score (nSPS) is 31.2. The summed E-state index contributed by atoms with van der Waals surface area (Å²) in [5, 5.41) is 8.94. The molecule has 2 rings (SSSR count).